The number of ether oxygens (including phenoxy) is 1. The second-order valence-electron chi connectivity index (χ2n) is 6.30. The van der Waals surface area contributed by atoms with Gasteiger partial charge in [0.05, 0.1) is 18.3 Å². The Morgan fingerprint density at radius 3 is 2.53 bits per heavy atom. The second-order valence-corrected chi connectivity index (χ2v) is 7.46. The van der Waals surface area contributed by atoms with Crippen molar-refractivity contribution < 1.29 is 14.3 Å². The maximum Gasteiger partial charge on any atom is 0.259 e. The van der Waals surface area contributed by atoms with Crippen LogP contribution in [0.25, 0.3) is 0 Å². The zero-order valence-corrected chi connectivity index (χ0v) is 18.2. The monoisotopic (exact) mass is 513 g/mol. The van der Waals surface area contributed by atoms with Crippen molar-refractivity contribution in [3.63, 3.8) is 0 Å². The van der Waals surface area contributed by atoms with Crippen LogP contribution in [0.2, 0.25) is 0 Å². The normalized spacial score (nSPS) is 10.6. The number of carbonyl (C=O) groups is 2. The number of halogens is 1. The number of nitrogens with one attached hydrogen (secondary N) is 2. The number of hydrogen-bond acceptors (Lipinski definition) is 4. The van der Waals surface area contributed by atoms with Crippen molar-refractivity contribution in [3.05, 3.63) is 99.1 Å². The van der Waals surface area contributed by atoms with E-state index in [0.29, 0.717) is 17.9 Å². The van der Waals surface area contributed by atoms with Gasteiger partial charge in [-0.15, -0.1) is 0 Å². The topological polar surface area (TPSA) is 79.8 Å². The molecule has 0 saturated heterocycles. The highest BCUT2D eigenvalue weighted by molar-refractivity contribution is 14.1. The molecule has 0 bridgehead atoms. The quantitative estimate of drug-likeness (QED) is 0.274. The number of benzene rings is 3. The van der Waals surface area contributed by atoms with E-state index in [0.717, 1.165) is 14.7 Å². The highest BCUT2D eigenvalue weighted by atomic mass is 127. The van der Waals surface area contributed by atoms with Gasteiger partial charge in [-0.25, -0.2) is 5.43 Å². The summed E-state index contributed by atoms with van der Waals surface area (Å²) in [5, 5.41) is 6.52. The fraction of sp³-hybridized carbons (Fsp3) is 0.0870. The lowest BCUT2D eigenvalue weighted by molar-refractivity contribution is -0.120. The van der Waals surface area contributed by atoms with E-state index in [4.69, 9.17) is 4.74 Å². The molecule has 7 heteroatoms. The van der Waals surface area contributed by atoms with Crippen LogP contribution < -0.4 is 15.5 Å². The van der Waals surface area contributed by atoms with E-state index in [1.807, 2.05) is 66.7 Å². The molecule has 0 aliphatic rings. The van der Waals surface area contributed by atoms with Crippen molar-refractivity contribution in [2.75, 3.05) is 6.54 Å². The minimum absolute atomic E-state index is 0.165. The largest absolute Gasteiger partial charge is 0.489 e. The predicted molar refractivity (Wildman–Crippen MR) is 124 cm³/mol. The molecule has 0 aliphatic carbocycles. The van der Waals surface area contributed by atoms with Crippen LogP contribution in [-0.2, 0) is 11.4 Å². The molecule has 2 N–H and O–H groups in total. The van der Waals surface area contributed by atoms with Crippen LogP contribution >= 0.6 is 22.6 Å². The Hall–Kier alpha value is -3.20. The molecular weight excluding hydrogens is 493 g/mol. The van der Waals surface area contributed by atoms with E-state index < -0.39 is 5.91 Å². The lowest BCUT2D eigenvalue weighted by Gasteiger charge is -2.07. The summed E-state index contributed by atoms with van der Waals surface area (Å²) in [6.45, 7) is 0.305. The molecule has 0 atom stereocenters. The van der Waals surface area contributed by atoms with Gasteiger partial charge >= 0.3 is 0 Å². The van der Waals surface area contributed by atoms with Crippen LogP contribution in [-0.4, -0.2) is 24.6 Å². The van der Waals surface area contributed by atoms with Crippen molar-refractivity contribution in [2.24, 2.45) is 5.10 Å². The Labute approximate surface area is 188 Å². The van der Waals surface area contributed by atoms with Crippen LogP contribution in [0.15, 0.2) is 84.0 Å². The Morgan fingerprint density at radius 1 is 0.967 bits per heavy atom. The maximum atomic E-state index is 12.1. The summed E-state index contributed by atoms with van der Waals surface area (Å²) in [5.74, 6) is -0.0109. The highest BCUT2D eigenvalue weighted by Crippen LogP contribution is 2.14. The molecule has 0 unspecified atom stereocenters. The SMILES string of the molecule is O=C(CNC(=O)c1ccccc1I)N/N=C\c1cccc(OCc2ccccc2)c1. The van der Waals surface area contributed by atoms with Crippen molar-refractivity contribution in [1.82, 2.24) is 10.7 Å². The molecule has 0 saturated carbocycles. The first-order valence-electron chi connectivity index (χ1n) is 9.23. The molecule has 0 fully saturated rings. The minimum atomic E-state index is -0.415. The van der Waals surface area contributed by atoms with E-state index in [-0.39, 0.29) is 12.5 Å². The van der Waals surface area contributed by atoms with Gasteiger partial charge in [-0.05, 0) is 58.0 Å². The zero-order chi connectivity index (χ0) is 21.2. The van der Waals surface area contributed by atoms with Gasteiger partial charge in [0.2, 0.25) is 0 Å². The summed E-state index contributed by atoms with van der Waals surface area (Å²) in [7, 11) is 0. The van der Waals surface area contributed by atoms with Gasteiger partial charge in [0, 0.05) is 3.57 Å². The molecule has 0 radical (unpaired) electrons. The van der Waals surface area contributed by atoms with Crippen LogP contribution in [0.1, 0.15) is 21.5 Å². The minimum Gasteiger partial charge on any atom is -0.489 e. The van der Waals surface area contributed by atoms with E-state index in [9.17, 15) is 9.59 Å². The van der Waals surface area contributed by atoms with Gasteiger partial charge in [-0.2, -0.15) is 5.10 Å². The zero-order valence-electron chi connectivity index (χ0n) is 16.0. The fourth-order valence-electron chi connectivity index (χ4n) is 2.55. The van der Waals surface area contributed by atoms with Crippen LogP contribution in [0.5, 0.6) is 5.75 Å². The average Bonchev–Trinajstić information content (AvgIpc) is 2.77. The lowest BCUT2D eigenvalue weighted by atomic mass is 10.2. The number of amides is 2. The summed E-state index contributed by atoms with van der Waals surface area (Å²) in [6.07, 6.45) is 1.52. The molecule has 30 heavy (non-hydrogen) atoms. The summed E-state index contributed by atoms with van der Waals surface area (Å²) in [6, 6.07) is 24.4. The van der Waals surface area contributed by atoms with Gasteiger partial charge in [-0.1, -0.05) is 54.6 Å². The number of hydrazone groups is 1. The van der Waals surface area contributed by atoms with Crippen LogP contribution in [0.3, 0.4) is 0 Å². The number of carbonyl (C=O) groups excluding carboxylic acids is 2. The summed E-state index contributed by atoms with van der Waals surface area (Å²) in [5.41, 5.74) is 4.79. The molecule has 3 aromatic rings. The van der Waals surface area contributed by atoms with Crippen molar-refractivity contribution in [2.45, 2.75) is 6.61 Å². The Kier molecular flexibility index (Phi) is 7.96. The van der Waals surface area contributed by atoms with Gasteiger partial charge < -0.3 is 10.1 Å². The third-order valence-electron chi connectivity index (χ3n) is 4.04. The molecule has 3 aromatic carbocycles. The molecule has 3 rings (SSSR count). The van der Waals surface area contributed by atoms with Gasteiger partial charge in [0.15, 0.2) is 0 Å². The Balaban J connectivity index is 1.46. The second kappa shape index (κ2) is 11.1. The summed E-state index contributed by atoms with van der Waals surface area (Å²) < 4.78 is 6.60. The third-order valence-corrected chi connectivity index (χ3v) is 4.98. The summed E-state index contributed by atoms with van der Waals surface area (Å²) >= 11 is 2.08. The van der Waals surface area contributed by atoms with Gasteiger partial charge in [-0.3, -0.25) is 9.59 Å². The van der Waals surface area contributed by atoms with Gasteiger partial charge in [0.25, 0.3) is 11.8 Å². The third kappa shape index (κ3) is 6.70. The first kappa shape index (κ1) is 21.5. The van der Waals surface area contributed by atoms with E-state index >= 15 is 0 Å². The molecule has 6 nitrogen and oxygen atoms in total. The molecule has 0 aliphatic heterocycles. The first-order valence-corrected chi connectivity index (χ1v) is 10.3. The van der Waals surface area contributed by atoms with E-state index in [1.54, 1.807) is 12.1 Å². The Bertz CT molecular complexity index is 1040. The fourth-order valence-corrected chi connectivity index (χ4v) is 3.18. The smallest absolute Gasteiger partial charge is 0.259 e. The first-order chi connectivity index (χ1) is 14.6. The average molecular weight is 513 g/mol. The van der Waals surface area contributed by atoms with Crippen LogP contribution in [0.4, 0.5) is 0 Å². The Morgan fingerprint density at radius 2 is 1.73 bits per heavy atom. The molecule has 2 amide bonds. The highest BCUT2D eigenvalue weighted by Gasteiger charge is 2.10. The van der Waals surface area contributed by atoms with Crippen molar-refractivity contribution >= 4 is 40.6 Å². The van der Waals surface area contributed by atoms with Crippen molar-refractivity contribution in [1.29, 1.82) is 0 Å². The van der Waals surface area contributed by atoms with E-state index in [1.165, 1.54) is 6.21 Å². The lowest BCUT2D eigenvalue weighted by Crippen LogP contribution is -2.35. The number of rotatable bonds is 8. The number of hydrogen-bond donors (Lipinski definition) is 2. The molecule has 152 valence electrons. The molecule has 0 heterocycles. The van der Waals surface area contributed by atoms with Crippen molar-refractivity contribution in [3.8, 4) is 5.75 Å². The maximum absolute atomic E-state index is 12.1. The molecule has 0 aromatic heterocycles. The number of nitrogens with zero attached hydrogens (tertiary/aromatic N) is 1. The van der Waals surface area contributed by atoms with E-state index in [2.05, 4.69) is 38.4 Å². The standard InChI is InChI=1S/C23H20IN3O3/c24-21-12-5-4-11-20(21)23(29)25-15-22(28)27-26-14-18-9-6-10-19(13-18)30-16-17-7-2-1-3-8-17/h1-14H,15-16H2,(H,25,29)(H,27,28)/b26-14-. The summed E-state index contributed by atoms with van der Waals surface area (Å²) in [4.78, 5) is 24.0. The van der Waals surface area contributed by atoms with Gasteiger partial charge in [0.1, 0.15) is 12.4 Å². The van der Waals surface area contributed by atoms with Crippen LogP contribution in [0, 0.1) is 3.57 Å². The molecule has 0 spiro atoms. The molecular formula is C23H20IN3O3. The predicted octanol–water partition coefficient (Wildman–Crippen LogP) is 3.75.